The van der Waals surface area contributed by atoms with Gasteiger partial charge in [-0.2, -0.15) is 0 Å². The molecule has 0 radical (unpaired) electrons. The topological polar surface area (TPSA) is 66.3 Å². The van der Waals surface area contributed by atoms with E-state index in [1.165, 1.54) is 4.88 Å². The van der Waals surface area contributed by atoms with Crippen LogP contribution in [0.3, 0.4) is 0 Å². The van der Waals surface area contributed by atoms with Gasteiger partial charge in [-0.1, -0.05) is 0 Å². The van der Waals surface area contributed by atoms with Crippen LogP contribution in [0.2, 0.25) is 0 Å². The molecule has 2 aromatic rings. The third-order valence-electron chi connectivity index (χ3n) is 4.02. The highest BCUT2D eigenvalue weighted by molar-refractivity contribution is 7.18. The van der Waals surface area contributed by atoms with Gasteiger partial charge in [0, 0.05) is 23.9 Å². The van der Waals surface area contributed by atoms with Crippen LogP contribution in [-0.4, -0.2) is 33.6 Å². The highest BCUT2D eigenvalue weighted by Crippen LogP contribution is 2.33. The van der Waals surface area contributed by atoms with Crippen LogP contribution in [0.15, 0.2) is 12.4 Å². The van der Waals surface area contributed by atoms with Gasteiger partial charge in [0.2, 0.25) is 0 Å². The molecule has 0 aliphatic carbocycles. The lowest BCUT2D eigenvalue weighted by atomic mass is 9.97. The van der Waals surface area contributed by atoms with Gasteiger partial charge in [0.25, 0.3) is 0 Å². The van der Waals surface area contributed by atoms with Gasteiger partial charge in [0.05, 0.1) is 5.39 Å². The number of piperidine rings is 1. The molecule has 5 nitrogen and oxygen atoms in total. The summed E-state index contributed by atoms with van der Waals surface area (Å²) in [6.07, 6.45) is 5.87. The number of anilines is 1. The van der Waals surface area contributed by atoms with E-state index in [4.69, 9.17) is 5.11 Å². The summed E-state index contributed by atoms with van der Waals surface area (Å²) in [5.74, 6) is 0.249. The van der Waals surface area contributed by atoms with Crippen molar-refractivity contribution in [2.24, 2.45) is 0 Å². The van der Waals surface area contributed by atoms with E-state index in [-0.39, 0.29) is 12.5 Å². The Bertz CT molecular complexity index is 655. The largest absolute Gasteiger partial charge is 0.481 e. The van der Waals surface area contributed by atoms with Crippen LogP contribution in [0.25, 0.3) is 10.2 Å². The number of aliphatic carboxylic acids is 1. The molecule has 2 aromatic heterocycles. The molecule has 1 unspecified atom stereocenters. The second kappa shape index (κ2) is 5.97. The van der Waals surface area contributed by atoms with Crippen molar-refractivity contribution in [3.8, 4) is 0 Å². The molecule has 0 amide bonds. The Hall–Kier alpha value is -1.69. The van der Waals surface area contributed by atoms with Crippen molar-refractivity contribution in [1.82, 2.24) is 9.97 Å². The third-order valence-corrected chi connectivity index (χ3v) is 4.98. The van der Waals surface area contributed by atoms with E-state index in [1.807, 2.05) is 0 Å². The number of hydrogen-bond donors (Lipinski definition) is 1. The predicted molar refractivity (Wildman–Crippen MR) is 84.0 cm³/mol. The Morgan fingerprint density at radius 1 is 1.48 bits per heavy atom. The Labute approximate surface area is 127 Å². The van der Waals surface area contributed by atoms with E-state index in [0.29, 0.717) is 6.42 Å². The number of thiophene rings is 1. The third kappa shape index (κ3) is 3.00. The first-order chi connectivity index (χ1) is 10.1. The summed E-state index contributed by atoms with van der Waals surface area (Å²) in [6.45, 7) is 3.03. The molecule has 1 fully saturated rings. The summed E-state index contributed by atoms with van der Waals surface area (Å²) in [7, 11) is 0. The van der Waals surface area contributed by atoms with E-state index < -0.39 is 5.97 Å². The van der Waals surface area contributed by atoms with E-state index in [2.05, 4.69) is 27.9 Å². The summed E-state index contributed by atoms with van der Waals surface area (Å²) in [4.78, 5) is 24.2. The molecule has 1 saturated heterocycles. The van der Waals surface area contributed by atoms with Crippen molar-refractivity contribution in [2.75, 3.05) is 11.4 Å². The molecule has 0 spiro atoms. The molecule has 1 atom stereocenters. The monoisotopic (exact) mass is 305 g/mol. The van der Waals surface area contributed by atoms with Gasteiger partial charge in [-0.25, -0.2) is 9.97 Å². The van der Waals surface area contributed by atoms with Crippen LogP contribution >= 0.6 is 11.3 Å². The van der Waals surface area contributed by atoms with Crippen molar-refractivity contribution in [3.05, 3.63) is 17.3 Å². The molecule has 0 bridgehead atoms. The Kier molecular flexibility index (Phi) is 4.05. The van der Waals surface area contributed by atoms with Crippen molar-refractivity contribution in [2.45, 2.75) is 45.1 Å². The number of fused-ring (bicyclic) bond motifs is 1. The number of carbonyl (C=O) groups is 1. The Balaban J connectivity index is 1.92. The van der Waals surface area contributed by atoms with Crippen molar-refractivity contribution in [3.63, 3.8) is 0 Å². The van der Waals surface area contributed by atoms with Crippen LogP contribution in [0.4, 0.5) is 5.82 Å². The minimum atomic E-state index is -0.722. The number of carboxylic acid groups (broad SMARTS) is 1. The zero-order valence-electron chi connectivity index (χ0n) is 12.1. The molecular weight excluding hydrogens is 286 g/mol. The van der Waals surface area contributed by atoms with Crippen LogP contribution in [0.1, 0.15) is 37.0 Å². The van der Waals surface area contributed by atoms with E-state index in [9.17, 15) is 4.79 Å². The van der Waals surface area contributed by atoms with Crippen LogP contribution < -0.4 is 4.90 Å². The molecule has 1 N–H and O–H groups in total. The van der Waals surface area contributed by atoms with Crippen LogP contribution in [0, 0.1) is 6.92 Å². The Morgan fingerprint density at radius 2 is 2.33 bits per heavy atom. The lowest BCUT2D eigenvalue weighted by molar-refractivity contribution is -0.137. The smallest absolute Gasteiger partial charge is 0.303 e. The van der Waals surface area contributed by atoms with E-state index >= 15 is 0 Å². The van der Waals surface area contributed by atoms with Crippen molar-refractivity contribution < 1.29 is 9.90 Å². The number of aryl methyl sites for hydroxylation is 1. The summed E-state index contributed by atoms with van der Waals surface area (Å²) >= 11 is 1.68. The second-order valence-corrected chi connectivity index (χ2v) is 6.78. The molecule has 0 aromatic carbocycles. The summed E-state index contributed by atoms with van der Waals surface area (Å²) < 4.78 is 0. The van der Waals surface area contributed by atoms with E-state index in [0.717, 1.165) is 41.8 Å². The second-order valence-electron chi connectivity index (χ2n) is 5.55. The fourth-order valence-corrected chi connectivity index (χ4v) is 3.90. The van der Waals surface area contributed by atoms with Gasteiger partial charge in [0.15, 0.2) is 0 Å². The molecule has 3 rings (SSSR count). The zero-order chi connectivity index (χ0) is 14.8. The maximum Gasteiger partial charge on any atom is 0.303 e. The van der Waals surface area contributed by atoms with Gasteiger partial charge in [0.1, 0.15) is 17.0 Å². The first kappa shape index (κ1) is 14.3. The van der Waals surface area contributed by atoms with Gasteiger partial charge >= 0.3 is 5.97 Å². The maximum absolute atomic E-state index is 10.9. The molecule has 6 heteroatoms. The summed E-state index contributed by atoms with van der Waals surface area (Å²) in [6, 6.07) is 2.41. The lowest BCUT2D eigenvalue weighted by Crippen LogP contribution is -2.40. The molecule has 0 saturated carbocycles. The van der Waals surface area contributed by atoms with Gasteiger partial charge < -0.3 is 10.0 Å². The maximum atomic E-state index is 10.9. The first-order valence-corrected chi connectivity index (χ1v) is 8.16. The lowest BCUT2D eigenvalue weighted by Gasteiger charge is -2.36. The van der Waals surface area contributed by atoms with Gasteiger partial charge in [-0.3, -0.25) is 4.79 Å². The van der Waals surface area contributed by atoms with Crippen molar-refractivity contribution in [1.29, 1.82) is 0 Å². The molecule has 3 heterocycles. The Morgan fingerprint density at radius 3 is 3.14 bits per heavy atom. The quantitative estimate of drug-likeness (QED) is 0.939. The summed E-state index contributed by atoms with van der Waals surface area (Å²) in [5, 5.41) is 10.0. The normalized spacial score (nSPS) is 19.1. The standard InChI is InChI=1S/C15H19N3O2S/c1-10-8-12-14(16-9-17-15(12)21-10)18-7-3-2-4-11(18)5-6-13(19)20/h8-9,11H,2-7H2,1H3,(H,19,20). The average molecular weight is 305 g/mol. The number of hydrogen-bond acceptors (Lipinski definition) is 5. The highest BCUT2D eigenvalue weighted by Gasteiger charge is 2.26. The predicted octanol–water partition coefficient (Wildman–Crippen LogP) is 3.22. The van der Waals surface area contributed by atoms with Crippen LogP contribution in [0.5, 0.6) is 0 Å². The van der Waals surface area contributed by atoms with Gasteiger partial charge in [-0.15, -0.1) is 11.3 Å². The van der Waals surface area contributed by atoms with Crippen LogP contribution in [-0.2, 0) is 4.79 Å². The fraction of sp³-hybridized carbons (Fsp3) is 0.533. The number of rotatable bonds is 4. The van der Waals surface area contributed by atoms with Gasteiger partial charge in [-0.05, 0) is 38.7 Å². The molecule has 1 aliphatic rings. The molecular formula is C15H19N3O2S. The molecule has 112 valence electrons. The minimum absolute atomic E-state index is 0.220. The highest BCUT2D eigenvalue weighted by atomic mass is 32.1. The zero-order valence-corrected chi connectivity index (χ0v) is 12.9. The van der Waals surface area contributed by atoms with Crippen molar-refractivity contribution >= 4 is 33.3 Å². The fourth-order valence-electron chi connectivity index (χ4n) is 3.06. The SMILES string of the molecule is Cc1cc2c(N3CCCCC3CCC(=O)O)ncnc2s1. The first-order valence-electron chi connectivity index (χ1n) is 7.35. The average Bonchev–Trinajstić information content (AvgIpc) is 2.85. The summed E-state index contributed by atoms with van der Waals surface area (Å²) in [5.41, 5.74) is 0. The molecule has 1 aliphatic heterocycles. The number of nitrogens with zero attached hydrogens (tertiary/aromatic N) is 3. The number of carboxylic acids is 1. The minimum Gasteiger partial charge on any atom is -0.481 e. The van der Waals surface area contributed by atoms with E-state index in [1.54, 1.807) is 17.7 Å². The molecule has 21 heavy (non-hydrogen) atoms. The number of aromatic nitrogens is 2.